The average Bonchev–Trinajstić information content (AvgIpc) is 3.56. The molecule has 1 aliphatic rings. The van der Waals surface area contributed by atoms with E-state index in [1.165, 1.54) is 10.5 Å². The van der Waals surface area contributed by atoms with Crippen molar-refractivity contribution in [2.24, 2.45) is 0 Å². The first-order valence-corrected chi connectivity index (χ1v) is 15.3. The van der Waals surface area contributed by atoms with Gasteiger partial charge in [-0.2, -0.15) is 0 Å². The molecule has 0 spiro atoms. The fourth-order valence-electron chi connectivity index (χ4n) is 5.23. The topological polar surface area (TPSA) is 130 Å². The zero-order valence-electron chi connectivity index (χ0n) is 23.2. The van der Waals surface area contributed by atoms with E-state index < -0.39 is 22.0 Å². The molecular formula is C31H28BN7O3S. The van der Waals surface area contributed by atoms with Crippen molar-refractivity contribution in [1.82, 2.24) is 24.2 Å². The predicted octanol–water partition coefficient (Wildman–Crippen LogP) is 3.76. The zero-order chi connectivity index (χ0) is 29.8. The average molecular weight is 589 g/mol. The molecule has 2 aromatic carbocycles. The zero-order valence-corrected chi connectivity index (χ0v) is 24.0. The summed E-state index contributed by atoms with van der Waals surface area (Å²) in [5.41, 5.74) is 4.63. The standard InChI is InChI=1S/C31H28BN7O3S/c32-20-43(41,42)39-15-7-13-27(39)31(40)36-24-16-22(17-33-18-24)29-37-26-12-6-11-25(21-8-2-1-3-9-21)28(26)30(38-29)35-19-23-10-4-5-14-34-23/h1-6,8-12,14,16-18,20,27,32H,7,13,15,19H2,(H,36,40)(H,35,37,38). The van der Waals surface area contributed by atoms with Gasteiger partial charge in [0.1, 0.15) is 0 Å². The van der Waals surface area contributed by atoms with Crippen LogP contribution in [0.25, 0.3) is 33.4 Å². The van der Waals surface area contributed by atoms with Crippen molar-refractivity contribution in [2.75, 3.05) is 17.2 Å². The van der Waals surface area contributed by atoms with E-state index in [4.69, 9.17) is 9.97 Å². The van der Waals surface area contributed by atoms with Gasteiger partial charge < -0.3 is 5.32 Å². The van der Waals surface area contributed by atoms with Crippen molar-refractivity contribution >= 4 is 51.1 Å². The second-order valence-electron chi connectivity index (χ2n) is 10.1. The maximum atomic E-state index is 13.1. The molecule has 0 bridgehead atoms. The van der Waals surface area contributed by atoms with E-state index in [1.54, 1.807) is 18.5 Å². The quantitative estimate of drug-likeness (QED) is 0.249. The Morgan fingerprint density at radius 3 is 2.63 bits per heavy atom. The van der Waals surface area contributed by atoms with Gasteiger partial charge in [-0.25, -0.2) is 0 Å². The molecule has 3 aromatic heterocycles. The number of benzene rings is 2. The van der Waals surface area contributed by atoms with Gasteiger partial charge in [-0.05, 0) is 29.3 Å². The fraction of sp³-hybridized carbons (Fsp3) is 0.161. The van der Waals surface area contributed by atoms with Gasteiger partial charge in [-0.1, -0.05) is 48.5 Å². The number of rotatable bonds is 9. The minimum absolute atomic E-state index is 0.273. The molecule has 0 aliphatic carbocycles. The number of amides is 1. The number of nitrogens with zero attached hydrogens (tertiary/aromatic N) is 5. The molecule has 5 aromatic rings. The van der Waals surface area contributed by atoms with Gasteiger partial charge in [0.05, 0.1) is 17.6 Å². The monoisotopic (exact) mass is 589 g/mol. The van der Waals surface area contributed by atoms with Crippen LogP contribution in [-0.2, 0) is 21.4 Å². The molecule has 4 heterocycles. The van der Waals surface area contributed by atoms with Crippen LogP contribution in [0.15, 0.2) is 91.4 Å². The van der Waals surface area contributed by atoms with E-state index in [0.717, 1.165) is 33.0 Å². The number of pyridine rings is 2. The Morgan fingerprint density at radius 1 is 1.00 bits per heavy atom. The second-order valence-corrected chi connectivity index (χ2v) is 11.9. The molecule has 1 unspecified atom stereocenters. The first-order valence-electron chi connectivity index (χ1n) is 13.8. The van der Waals surface area contributed by atoms with Crippen LogP contribution in [0.2, 0.25) is 0 Å². The fourth-order valence-corrected chi connectivity index (χ4v) is 6.36. The molecule has 10 nitrogen and oxygen atoms in total. The van der Waals surface area contributed by atoms with E-state index in [-0.39, 0.29) is 6.54 Å². The molecule has 12 heteroatoms. The molecule has 2 N–H and O–H groups in total. The van der Waals surface area contributed by atoms with Crippen molar-refractivity contribution in [1.29, 1.82) is 0 Å². The van der Waals surface area contributed by atoms with Crippen LogP contribution in [0.5, 0.6) is 0 Å². The summed E-state index contributed by atoms with van der Waals surface area (Å²) < 4.78 is 26.0. The molecule has 6 rings (SSSR count). The van der Waals surface area contributed by atoms with Gasteiger partial charge >= 0.3 is 139 Å². The Bertz CT molecular complexity index is 1910. The molecule has 0 radical (unpaired) electrons. The second kappa shape index (κ2) is 12.2. The SMILES string of the molecule is B=CS(=O)(=O)N1CCCC1C(=O)Nc1cncc(-c2nc(NCc3ccccn3)c3c(-c4ccccc4)cccc3n2)c1. The molecule has 1 atom stereocenters. The molecule has 214 valence electrons. The van der Waals surface area contributed by atoms with Crippen LogP contribution in [0, 0.1) is 0 Å². The molecule has 1 saturated heterocycles. The summed E-state index contributed by atoms with van der Waals surface area (Å²) in [6.07, 6.45) is 5.91. The number of sulfonamides is 1. The van der Waals surface area contributed by atoms with Gasteiger partial charge in [0.25, 0.3) is 0 Å². The van der Waals surface area contributed by atoms with Gasteiger partial charge in [-0.15, -0.1) is 0 Å². The van der Waals surface area contributed by atoms with E-state index in [9.17, 15) is 13.2 Å². The van der Waals surface area contributed by atoms with Crippen molar-refractivity contribution in [2.45, 2.75) is 25.4 Å². The summed E-state index contributed by atoms with van der Waals surface area (Å²) in [5, 5.41) is 8.03. The third-order valence-electron chi connectivity index (χ3n) is 7.28. The maximum absolute atomic E-state index is 13.1. The Balaban J connectivity index is 1.36. The van der Waals surface area contributed by atoms with Crippen molar-refractivity contribution in [3.8, 4) is 22.5 Å². The first kappa shape index (κ1) is 28.3. The predicted molar refractivity (Wildman–Crippen MR) is 170 cm³/mol. The number of aromatic nitrogens is 4. The summed E-state index contributed by atoms with van der Waals surface area (Å²) in [4.78, 5) is 31.7. The van der Waals surface area contributed by atoms with Gasteiger partial charge in [0.15, 0.2) is 0 Å². The number of carbonyl (C=O) groups is 1. The Kier molecular flexibility index (Phi) is 8.04. The third-order valence-corrected chi connectivity index (χ3v) is 8.79. The molecule has 43 heavy (non-hydrogen) atoms. The molecular weight excluding hydrogens is 561 g/mol. The van der Waals surface area contributed by atoms with Gasteiger partial charge in [0.2, 0.25) is 0 Å². The minimum atomic E-state index is -3.72. The summed E-state index contributed by atoms with van der Waals surface area (Å²) in [5.74, 6) is 0.629. The van der Waals surface area contributed by atoms with Crippen LogP contribution < -0.4 is 10.6 Å². The number of nitrogens with one attached hydrogen (secondary N) is 2. The van der Waals surface area contributed by atoms with Crippen LogP contribution in [0.1, 0.15) is 18.5 Å². The summed E-state index contributed by atoms with van der Waals surface area (Å²) in [6, 6.07) is 22.7. The number of carbonyl (C=O) groups excluding carboxylic acids is 1. The Hall–Kier alpha value is -4.81. The van der Waals surface area contributed by atoms with Crippen LogP contribution in [-0.4, -0.2) is 63.9 Å². The molecule has 1 fully saturated rings. The van der Waals surface area contributed by atoms with Crippen LogP contribution in [0.3, 0.4) is 0 Å². The third kappa shape index (κ3) is 6.06. The van der Waals surface area contributed by atoms with Crippen molar-refractivity contribution < 1.29 is 13.2 Å². The molecule has 1 aliphatic heterocycles. The Labute approximate surface area is 250 Å². The van der Waals surface area contributed by atoms with Gasteiger partial charge in [0, 0.05) is 6.20 Å². The first-order chi connectivity index (χ1) is 20.9. The number of hydrogen-bond acceptors (Lipinski definition) is 8. The number of hydrogen-bond donors (Lipinski definition) is 2. The van der Waals surface area contributed by atoms with E-state index in [0.29, 0.717) is 42.3 Å². The van der Waals surface area contributed by atoms with Crippen molar-refractivity contribution in [3.05, 3.63) is 97.1 Å². The number of anilines is 2. The normalized spacial score (nSPS) is 15.3. The molecule has 1 amide bonds. The summed E-state index contributed by atoms with van der Waals surface area (Å²) in [7, 11) is -0.333. The van der Waals surface area contributed by atoms with Crippen LogP contribution >= 0.6 is 0 Å². The molecule has 0 saturated carbocycles. The van der Waals surface area contributed by atoms with Gasteiger partial charge in [-0.3, -0.25) is 4.98 Å². The van der Waals surface area contributed by atoms with Crippen molar-refractivity contribution in [3.63, 3.8) is 0 Å². The number of fused-ring (bicyclic) bond motifs is 1. The summed E-state index contributed by atoms with van der Waals surface area (Å²) >= 11 is 0. The summed E-state index contributed by atoms with van der Waals surface area (Å²) in [6.45, 7) is 0.726. The van der Waals surface area contributed by atoms with Crippen LogP contribution in [0.4, 0.5) is 11.5 Å². The van der Waals surface area contributed by atoms with E-state index >= 15 is 0 Å². The van der Waals surface area contributed by atoms with E-state index in [1.807, 2.05) is 66.7 Å². The Morgan fingerprint density at radius 2 is 1.84 bits per heavy atom. The van der Waals surface area contributed by atoms with E-state index in [2.05, 4.69) is 28.1 Å².